The predicted molar refractivity (Wildman–Crippen MR) is 127 cm³/mol. The lowest BCUT2D eigenvalue weighted by Crippen LogP contribution is -2.43. The second-order valence-electron chi connectivity index (χ2n) is 8.18. The quantitative estimate of drug-likeness (QED) is 0.523. The molecule has 1 saturated heterocycles. The van der Waals surface area contributed by atoms with Crippen molar-refractivity contribution in [1.82, 2.24) is 14.7 Å². The third-order valence-corrected chi connectivity index (χ3v) is 6.12. The van der Waals surface area contributed by atoms with E-state index in [9.17, 15) is 14.4 Å². The van der Waals surface area contributed by atoms with Crippen LogP contribution in [0.1, 0.15) is 18.4 Å². The van der Waals surface area contributed by atoms with Crippen molar-refractivity contribution >= 4 is 29.4 Å². The minimum Gasteiger partial charge on any atom is -0.455 e. The Morgan fingerprint density at radius 2 is 1.71 bits per heavy atom. The van der Waals surface area contributed by atoms with Crippen LogP contribution in [0.15, 0.2) is 60.8 Å². The summed E-state index contributed by atoms with van der Waals surface area (Å²) in [7, 11) is 0. The van der Waals surface area contributed by atoms with E-state index in [4.69, 9.17) is 22.1 Å². The second-order valence-corrected chi connectivity index (χ2v) is 8.62. The molecule has 2 heterocycles. The first-order valence-electron chi connectivity index (χ1n) is 11.0. The fourth-order valence-corrected chi connectivity index (χ4v) is 4.08. The molecule has 0 radical (unpaired) electrons. The Kier molecular flexibility index (Phi) is 7.27. The van der Waals surface area contributed by atoms with Gasteiger partial charge in [0.15, 0.2) is 6.61 Å². The van der Waals surface area contributed by atoms with E-state index in [-0.39, 0.29) is 30.8 Å². The molecule has 2 aromatic carbocycles. The molecule has 8 nitrogen and oxygen atoms in total. The van der Waals surface area contributed by atoms with E-state index in [0.29, 0.717) is 42.2 Å². The van der Waals surface area contributed by atoms with Crippen molar-refractivity contribution in [3.05, 3.63) is 71.4 Å². The summed E-state index contributed by atoms with van der Waals surface area (Å²) in [6.45, 7) is 0.506. The van der Waals surface area contributed by atoms with Gasteiger partial charge in [-0.3, -0.25) is 14.4 Å². The lowest BCUT2D eigenvalue weighted by molar-refractivity contribution is -0.152. The van der Waals surface area contributed by atoms with Crippen LogP contribution < -0.4 is 5.73 Å². The highest BCUT2D eigenvalue weighted by atomic mass is 35.5. The van der Waals surface area contributed by atoms with Crippen LogP contribution in [0, 0.1) is 5.92 Å². The van der Waals surface area contributed by atoms with Crippen molar-refractivity contribution in [2.24, 2.45) is 11.7 Å². The zero-order valence-electron chi connectivity index (χ0n) is 18.5. The summed E-state index contributed by atoms with van der Waals surface area (Å²) in [6, 6.07) is 16.8. The molecule has 0 spiro atoms. The van der Waals surface area contributed by atoms with Crippen molar-refractivity contribution in [3.8, 4) is 16.9 Å². The fourth-order valence-electron chi connectivity index (χ4n) is 3.96. The predicted octanol–water partition coefficient (Wildman–Crippen LogP) is 3.00. The maximum absolute atomic E-state index is 12.6. The molecule has 1 fully saturated rings. The van der Waals surface area contributed by atoms with E-state index >= 15 is 0 Å². The number of rotatable bonds is 7. The number of halogens is 1. The number of likely N-dealkylation sites (tertiary alicyclic amines) is 1. The van der Waals surface area contributed by atoms with Crippen molar-refractivity contribution < 1.29 is 19.1 Å². The smallest absolute Gasteiger partial charge is 0.310 e. The number of primary amides is 1. The van der Waals surface area contributed by atoms with Crippen LogP contribution in [-0.4, -0.2) is 52.2 Å². The largest absolute Gasteiger partial charge is 0.455 e. The second kappa shape index (κ2) is 10.5. The average Bonchev–Trinajstić information content (AvgIpc) is 3.27. The van der Waals surface area contributed by atoms with E-state index in [1.807, 2.05) is 42.5 Å². The van der Waals surface area contributed by atoms with Crippen LogP contribution in [0.25, 0.3) is 16.9 Å². The van der Waals surface area contributed by atoms with E-state index < -0.39 is 5.97 Å². The fraction of sp³-hybridized carbons (Fsp3) is 0.280. The Hall–Kier alpha value is -3.65. The summed E-state index contributed by atoms with van der Waals surface area (Å²) in [5.41, 5.74) is 8.31. The first kappa shape index (κ1) is 23.5. The molecule has 9 heteroatoms. The zero-order valence-corrected chi connectivity index (χ0v) is 19.3. The van der Waals surface area contributed by atoms with Crippen LogP contribution in [0.5, 0.6) is 0 Å². The van der Waals surface area contributed by atoms with Crippen molar-refractivity contribution in [3.63, 3.8) is 0 Å². The first-order chi connectivity index (χ1) is 16.4. The molecule has 2 N–H and O–H groups in total. The number of amides is 2. The molecule has 34 heavy (non-hydrogen) atoms. The normalized spacial score (nSPS) is 14.1. The summed E-state index contributed by atoms with van der Waals surface area (Å²) >= 11 is 6.02. The monoisotopic (exact) mass is 480 g/mol. The van der Waals surface area contributed by atoms with E-state index in [1.54, 1.807) is 27.9 Å². The number of hydrogen-bond acceptors (Lipinski definition) is 5. The van der Waals surface area contributed by atoms with E-state index in [1.165, 1.54) is 0 Å². The summed E-state index contributed by atoms with van der Waals surface area (Å²) in [4.78, 5) is 37.9. The Morgan fingerprint density at radius 3 is 2.35 bits per heavy atom. The molecule has 1 aliphatic heterocycles. The Morgan fingerprint density at radius 1 is 1.03 bits per heavy atom. The zero-order chi connectivity index (χ0) is 24.1. The highest BCUT2D eigenvalue weighted by Gasteiger charge is 2.26. The van der Waals surface area contributed by atoms with Gasteiger partial charge in [0.2, 0.25) is 5.91 Å². The van der Waals surface area contributed by atoms with Crippen LogP contribution in [0.3, 0.4) is 0 Å². The van der Waals surface area contributed by atoms with E-state index in [0.717, 1.165) is 11.3 Å². The molecule has 0 unspecified atom stereocenters. The first-order valence-corrected chi connectivity index (χ1v) is 11.4. The average molecular weight is 481 g/mol. The number of carbonyl (C=O) groups excluding carboxylic acids is 3. The molecular weight excluding hydrogens is 456 g/mol. The number of carbonyl (C=O) groups is 3. The molecule has 0 bridgehead atoms. The molecule has 1 aliphatic rings. The minimum atomic E-state index is -0.525. The molecular formula is C25H25ClN4O4. The third-order valence-electron chi connectivity index (χ3n) is 5.87. The van der Waals surface area contributed by atoms with Gasteiger partial charge >= 0.3 is 5.97 Å². The van der Waals surface area contributed by atoms with Gasteiger partial charge in [-0.05, 0) is 37.1 Å². The highest BCUT2D eigenvalue weighted by molar-refractivity contribution is 6.30. The standard InChI is InChI=1S/C25H25ClN4O4/c26-20-8-6-17(7-9-20)24-19(15-30(28-24)21-4-2-1-3-5-21)14-23(32)34-16-22(31)29-12-10-18(11-13-29)25(27)33/h1-9,15,18H,10-14,16H2,(H2,27,33). The number of para-hydroxylation sites is 1. The summed E-state index contributed by atoms with van der Waals surface area (Å²) in [5, 5.41) is 5.28. The number of nitrogens with two attached hydrogens (primary N) is 1. The van der Waals surface area contributed by atoms with Gasteiger partial charge in [-0.2, -0.15) is 5.10 Å². The van der Waals surface area contributed by atoms with Crippen LogP contribution in [-0.2, 0) is 25.5 Å². The number of esters is 1. The molecule has 4 rings (SSSR count). The number of hydrogen-bond donors (Lipinski definition) is 1. The summed E-state index contributed by atoms with van der Waals surface area (Å²) < 4.78 is 6.99. The number of ether oxygens (including phenoxy) is 1. The molecule has 3 aromatic rings. The van der Waals surface area contributed by atoms with E-state index in [2.05, 4.69) is 5.10 Å². The lowest BCUT2D eigenvalue weighted by atomic mass is 9.96. The van der Waals surface area contributed by atoms with Gasteiger partial charge < -0.3 is 15.4 Å². The van der Waals surface area contributed by atoms with Crippen molar-refractivity contribution in [2.75, 3.05) is 19.7 Å². The molecule has 0 atom stereocenters. The van der Waals surface area contributed by atoms with Crippen LogP contribution >= 0.6 is 11.6 Å². The van der Waals surface area contributed by atoms with Gasteiger partial charge in [0.25, 0.3) is 5.91 Å². The Balaban J connectivity index is 1.43. The molecule has 1 aromatic heterocycles. The SMILES string of the molecule is NC(=O)C1CCN(C(=O)COC(=O)Cc2cn(-c3ccccc3)nc2-c2ccc(Cl)cc2)CC1. The summed E-state index contributed by atoms with van der Waals surface area (Å²) in [6.07, 6.45) is 2.80. The number of benzene rings is 2. The van der Waals surface area contributed by atoms with Crippen molar-refractivity contribution in [1.29, 1.82) is 0 Å². The van der Waals surface area contributed by atoms with Crippen molar-refractivity contribution in [2.45, 2.75) is 19.3 Å². The maximum atomic E-state index is 12.6. The van der Waals surface area contributed by atoms with Gasteiger partial charge in [-0.25, -0.2) is 4.68 Å². The number of aromatic nitrogens is 2. The Labute approximate surface area is 202 Å². The van der Waals surface area contributed by atoms with Gasteiger partial charge in [0.05, 0.1) is 17.8 Å². The van der Waals surface area contributed by atoms with Gasteiger partial charge in [0, 0.05) is 41.4 Å². The number of piperidine rings is 1. The molecule has 0 aliphatic carbocycles. The maximum Gasteiger partial charge on any atom is 0.310 e. The Bertz CT molecular complexity index is 1170. The van der Waals surface area contributed by atoms with Crippen LogP contribution in [0.4, 0.5) is 0 Å². The highest BCUT2D eigenvalue weighted by Crippen LogP contribution is 2.26. The minimum absolute atomic E-state index is 0.0399. The third kappa shape index (κ3) is 5.63. The topological polar surface area (TPSA) is 108 Å². The molecule has 0 saturated carbocycles. The molecule has 2 amide bonds. The van der Waals surface area contributed by atoms with Gasteiger partial charge in [-0.1, -0.05) is 41.9 Å². The lowest BCUT2D eigenvalue weighted by Gasteiger charge is -2.30. The summed E-state index contributed by atoms with van der Waals surface area (Å²) in [5.74, 6) is -1.36. The van der Waals surface area contributed by atoms with Crippen LogP contribution in [0.2, 0.25) is 5.02 Å². The molecule has 176 valence electrons. The van der Waals surface area contributed by atoms with Gasteiger partial charge in [0.1, 0.15) is 0 Å². The van der Waals surface area contributed by atoms with Gasteiger partial charge in [-0.15, -0.1) is 0 Å². The number of nitrogens with zero attached hydrogens (tertiary/aromatic N) is 3.